The van der Waals surface area contributed by atoms with E-state index in [1.807, 2.05) is 34.5 Å². The van der Waals surface area contributed by atoms with Crippen LogP contribution >= 0.6 is 11.3 Å². The van der Waals surface area contributed by atoms with E-state index < -0.39 is 5.91 Å². The Bertz CT molecular complexity index is 792. The Morgan fingerprint density at radius 2 is 2.00 bits per heavy atom. The van der Waals surface area contributed by atoms with Gasteiger partial charge in [-0.15, -0.1) is 11.3 Å². The third kappa shape index (κ3) is 3.82. The second kappa shape index (κ2) is 7.66. The molecule has 0 aliphatic carbocycles. The minimum absolute atomic E-state index is 0.0702. The number of nitrogens with two attached hydrogens (primary N) is 1. The van der Waals surface area contributed by atoms with Crippen LogP contribution < -0.4 is 5.73 Å². The van der Waals surface area contributed by atoms with Crippen molar-refractivity contribution in [2.24, 2.45) is 5.73 Å². The smallest absolute Gasteiger partial charge is 0.258 e. The van der Waals surface area contributed by atoms with Crippen LogP contribution in [-0.4, -0.2) is 29.3 Å². The monoisotopic (exact) mass is 354 g/mol. The number of thiophene rings is 1. The van der Waals surface area contributed by atoms with Gasteiger partial charge >= 0.3 is 0 Å². The quantitative estimate of drug-likeness (QED) is 0.794. The molecule has 2 amide bonds. The van der Waals surface area contributed by atoms with Crippen LogP contribution in [0.1, 0.15) is 46.2 Å². The summed E-state index contributed by atoms with van der Waals surface area (Å²) in [6, 6.07) is 9.55. The predicted molar refractivity (Wildman–Crippen MR) is 102 cm³/mol. The zero-order chi connectivity index (χ0) is 17.8. The molecule has 2 heterocycles. The van der Waals surface area contributed by atoms with Gasteiger partial charge in [-0.3, -0.25) is 9.59 Å². The van der Waals surface area contributed by atoms with Gasteiger partial charge in [-0.05, 0) is 41.1 Å². The minimum Gasteiger partial charge on any atom is -0.365 e. The molecule has 1 aliphatic rings. The molecule has 1 unspecified atom stereocenters. The fourth-order valence-corrected chi connectivity index (χ4v) is 3.83. The molecule has 5 heteroatoms. The lowest BCUT2D eigenvalue weighted by atomic mass is 10.0. The first-order chi connectivity index (χ1) is 12.1. The van der Waals surface area contributed by atoms with Crippen LogP contribution in [0.25, 0.3) is 11.1 Å². The van der Waals surface area contributed by atoms with Crippen LogP contribution in [0, 0.1) is 0 Å². The van der Waals surface area contributed by atoms with Crippen molar-refractivity contribution in [1.82, 2.24) is 4.90 Å². The molecule has 2 aromatic rings. The number of unbranched alkanes of at least 4 members (excludes halogenated alkanes) is 1. The second-order valence-electron chi connectivity index (χ2n) is 6.24. The van der Waals surface area contributed by atoms with Crippen molar-refractivity contribution in [2.45, 2.75) is 32.2 Å². The molecule has 1 atom stereocenters. The van der Waals surface area contributed by atoms with E-state index in [0.29, 0.717) is 17.0 Å². The van der Waals surface area contributed by atoms with Crippen LogP contribution in [0.15, 0.2) is 47.9 Å². The van der Waals surface area contributed by atoms with Crippen LogP contribution in [0.5, 0.6) is 0 Å². The Morgan fingerprint density at radius 3 is 2.64 bits per heavy atom. The van der Waals surface area contributed by atoms with Gasteiger partial charge in [-0.1, -0.05) is 44.1 Å². The van der Waals surface area contributed by atoms with Crippen molar-refractivity contribution in [3.63, 3.8) is 0 Å². The summed E-state index contributed by atoms with van der Waals surface area (Å²) in [5.41, 5.74) is 7.92. The Hall–Kier alpha value is -2.40. The van der Waals surface area contributed by atoms with Crippen molar-refractivity contribution < 1.29 is 9.59 Å². The second-order valence-corrected chi connectivity index (χ2v) is 7.15. The summed E-state index contributed by atoms with van der Waals surface area (Å²) in [7, 11) is 0. The zero-order valence-electron chi connectivity index (χ0n) is 14.3. The Balaban J connectivity index is 1.73. The molecule has 0 radical (unpaired) electrons. The largest absolute Gasteiger partial charge is 0.365 e. The van der Waals surface area contributed by atoms with Gasteiger partial charge in [0.15, 0.2) is 0 Å². The first-order valence-corrected chi connectivity index (χ1v) is 9.44. The third-order valence-corrected chi connectivity index (χ3v) is 5.43. The lowest BCUT2D eigenvalue weighted by Crippen LogP contribution is -2.36. The topological polar surface area (TPSA) is 63.4 Å². The Kier molecular flexibility index (Phi) is 5.34. The fraction of sp³-hybridized carbons (Fsp3) is 0.300. The highest BCUT2D eigenvalue weighted by atomic mass is 32.1. The molecule has 130 valence electrons. The summed E-state index contributed by atoms with van der Waals surface area (Å²) in [4.78, 5) is 26.5. The van der Waals surface area contributed by atoms with E-state index >= 15 is 0 Å². The average Bonchev–Trinajstić information content (AvgIpc) is 3.29. The van der Waals surface area contributed by atoms with Crippen molar-refractivity contribution in [1.29, 1.82) is 0 Å². The Morgan fingerprint density at radius 1 is 1.24 bits per heavy atom. The number of hydrogen-bond acceptors (Lipinski definition) is 3. The van der Waals surface area contributed by atoms with Gasteiger partial charge in [0.1, 0.15) is 0 Å². The maximum atomic E-state index is 12.8. The number of amides is 2. The van der Waals surface area contributed by atoms with Gasteiger partial charge in [0.05, 0.1) is 10.9 Å². The van der Waals surface area contributed by atoms with Crippen LogP contribution in [0.2, 0.25) is 0 Å². The molecule has 3 rings (SSSR count). The summed E-state index contributed by atoms with van der Waals surface area (Å²) < 4.78 is 0. The molecular formula is C20H22N2O2S. The molecule has 0 fully saturated rings. The highest BCUT2D eigenvalue weighted by Gasteiger charge is 2.25. The SMILES string of the molecule is CCCCC1C=CCN1C(=O)c1ccc(-c2csc(C(N)=O)c2)cc1. The summed E-state index contributed by atoms with van der Waals surface area (Å²) in [6.45, 7) is 2.85. The third-order valence-electron chi connectivity index (χ3n) is 4.48. The minimum atomic E-state index is -0.414. The molecule has 0 saturated heterocycles. The maximum absolute atomic E-state index is 12.8. The van der Waals surface area contributed by atoms with E-state index in [1.54, 1.807) is 6.07 Å². The summed E-state index contributed by atoms with van der Waals surface area (Å²) >= 11 is 1.33. The van der Waals surface area contributed by atoms with Gasteiger partial charge in [0, 0.05) is 12.1 Å². The average molecular weight is 354 g/mol. The van der Waals surface area contributed by atoms with Gasteiger partial charge < -0.3 is 10.6 Å². The lowest BCUT2D eigenvalue weighted by molar-refractivity contribution is 0.0743. The van der Waals surface area contributed by atoms with Gasteiger partial charge in [0.2, 0.25) is 0 Å². The molecule has 1 aromatic carbocycles. The molecule has 4 nitrogen and oxygen atoms in total. The number of carbonyl (C=O) groups excluding carboxylic acids is 2. The molecule has 25 heavy (non-hydrogen) atoms. The van der Waals surface area contributed by atoms with Crippen LogP contribution in [-0.2, 0) is 0 Å². The van der Waals surface area contributed by atoms with Crippen molar-refractivity contribution in [2.75, 3.05) is 6.54 Å². The normalized spacial score (nSPS) is 16.4. The number of rotatable bonds is 6. The molecule has 0 bridgehead atoms. The number of primary amides is 1. The highest BCUT2D eigenvalue weighted by Crippen LogP contribution is 2.26. The van der Waals surface area contributed by atoms with Crippen molar-refractivity contribution in [3.8, 4) is 11.1 Å². The lowest BCUT2D eigenvalue weighted by Gasteiger charge is -2.24. The maximum Gasteiger partial charge on any atom is 0.258 e. The van der Waals surface area contributed by atoms with E-state index in [1.165, 1.54) is 11.3 Å². The summed E-state index contributed by atoms with van der Waals surface area (Å²) in [5.74, 6) is -0.344. The fourth-order valence-electron chi connectivity index (χ4n) is 3.06. The molecule has 2 N–H and O–H groups in total. The molecule has 1 aromatic heterocycles. The first-order valence-electron chi connectivity index (χ1n) is 8.56. The van der Waals surface area contributed by atoms with E-state index in [0.717, 1.165) is 30.4 Å². The van der Waals surface area contributed by atoms with E-state index in [-0.39, 0.29) is 11.9 Å². The number of carbonyl (C=O) groups is 2. The van der Waals surface area contributed by atoms with Crippen LogP contribution in [0.4, 0.5) is 0 Å². The number of nitrogens with zero attached hydrogens (tertiary/aromatic N) is 1. The van der Waals surface area contributed by atoms with Gasteiger partial charge in [-0.25, -0.2) is 0 Å². The van der Waals surface area contributed by atoms with Crippen molar-refractivity contribution in [3.05, 3.63) is 58.3 Å². The number of benzene rings is 1. The first kappa shape index (κ1) is 17.4. The molecular weight excluding hydrogens is 332 g/mol. The van der Waals surface area contributed by atoms with E-state index in [2.05, 4.69) is 19.1 Å². The van der Waals surface area contributed by atoms with Gasteiger partial charge in [-0.2, -0.15) is 0 Å². The molecule has 1 aliphatic heterocycles. The van der Waals surface area contributed by atoms with Crippen LogP contribution in [0.3, 0.4) is 0 Å². The summed E-state index contributed by atoms with van der Waals surface area (Å²) in [6.07, 6.45) is 7.48. The highest BCUT2D eigenvalue weighted by molar-refractivity contribution is 7.12. The van der Waals surface area contributed by atoms with E-state index in [9.17, 15) is 9.59 Å². The van der Waals surface area contributed by atoms with E-state index in [4.69, 9.17) is 5.73 Å². The number of hydrogen-bond donors (Lipinski definition) is 1. The standard InChI is InChI=1S/C20H22N2O2S/c1-2-3-5-17-6-4-11-22(17)20(24)15-9-7-14(8-10-15)16-12-18(19(21)23)25-13-16/h4,6-10,12-13,17H,2-3,5,11H2,1H3,(H2,21,23). The van der Waals surface area contributed by atoms with Gasteiger partial charge in [0.25, 0.3) is 11.8 Å². The van der Waals surface area contributed by atoms with Crippen molar-refractivity contribution >= 4 is 23.2 Å². The predicted octanol–water partition coefficient (Wildman–Crippen LogP) is 4.08. The Labute approximate surface area is 152 Å². The molecule has 0 saturated carbocycles. The summed E-state index contributed by atoms with van der Waals surface area (Å²) in [5, 5.41) is 1.90. The zero-order valence-corrected chi connectivity index (χ0v) is 15.1. The molecule has 0 spiro atoms.